The maximum absolute atomic E-state index is 12.8. The van der Waals surface area contributed by atoms with E-state index in [1.54, 1.807) is 29.2 Å². The topological polar surface area (TPSA) is 81.4 Å². The fraction of sp³-hybridized carbons (Fsp3) is 0.222. The van der Waals surface area contributed by atoms with E-state index in [0.29, 0.717) is 16.3 Å². The van der Waals surface area contributed by atoms with E-state index < -0.39 is 15.9 Å². The number of rotatable bonds is 6. The van der Waals surface area contributed by atoms with Gasteiger partial charge in [0.25, 0.3) is 5.03 Å². The van der Waals surface area contributed by atoms with E-state index in [1.165, 1.54) is 11.6 Å². The molecule has 0 bridgehead atoms. The highest BCUT2D eigenvalue weighted by Crippen LogP contribution is 2.20. The van der Waals surface area contributed by atoms with Gasteiger partial charge in [0.1, 0.15) is 0 Å². The third-order valence-corrected chi connectivity index (χ3v) is 6.34. The Morgan fingerprint density at radius 1 is 1.19 bits per heavy atom. The predicted molar refractivity (Wildman–Crippen MR) is 99.8 cm³/mol. The molecule has 3 rings (SSSR count). The van der Waals surface area contributed by atoms with Crippen LogP contribution in [0.5, 0.6) is 0 Å². The van der Waals surface area contributed by atoms with Gasteiger partial charge in [-0.15, -0.1) is 0 Å². The Kier molecular flexibility index (Phi) is 5.63. The second kappa shape index (κ2) is 7.92. The van der Waals surface area contributed by atoms with Crippen molar-refractivity contribution >= 4 is 27.5 Å². The van der Waals surface area contributed by atoms with Gasteiger partial charge in [0.15, 0.2) is 16.0 Å². The maximum Gasteiger partial charge on any atom is 0.251 e. The summed E-state index contributed by atoms with van der Waals surface area (Å²) in [6.07, 6.45) is 2.93. The normalized spacial score (nSPS) is 17.9. The average molecular weight is 390 g/mol. The predicted octanol–water partition coefficient (Wildman–Crippen LogP) is 1.75. The summed E-state index contributed by atoms with van der Waals surface area (Å²) in [4.78, 5) is 14.4. The molecule has 0 saturated carbocycles. The Morgan fingerprint density at radius 2 is 1.92 bits per heavy atom. The second-order valence-electron chi connectivity index (χ2n) is 5.89. The SMILES string of the molecule is O=C(CSc1cccc[n+]1[O-])N(Cc1ccccc1)[C@H]1C=CS(=O)(=O)C1. The van der Waals surface area contributed by atoms with Crippen LogP contribution >= 0.6 is 11.8 Å². The summed E-state index contributed by atoms with van der Waals surface area (Å²) in [5.41, 5.74) is 0.919. The molecule has 1 atom stereocenters. The van der Waals surface area contributed by atoms with E-state index in [2.05, 4.69) is 0 Å². The molecular formula is C18H18N2O4S2. The Hall–Kier alpha value is -2.32. The van der Waals surface area contributed by atoms with E-state index in [1.807, 2.05) is 30.3 Å². The number of thioether (sulfide) groups is 1. The maximum atomic E-state index is 12.8. The van der Waals surface area contributed by atoms with E-state index in [9.17, 15) is 18.4 Å². The lowest BCUT2D eigenvalue weighted by Gasteiger charge is -2.27. The fourth-order valence-corrected chi connectivity index (χ4v) is 4.77. The summed E-state index contributed by atoms with van der Waals surface area (Å²) in [6.45, 7) is 0.316. The molecule has 1 aliphatic heterocycles. The monoisotopic (exact) mass is 390 g/mol. The van der Waals surface area contributed by atoms with Gasteiger partial charge in [-0.3, -0.25) is 4.79 Å². The van der Waals surface area contributed by atoms with E-state index in [4.69, 9.17) is 0 Å². The van der Waals surface area contributed by atoms with Gasteiger partial charge in [0.05, 0.1) is 17.5 Å². The van der Waals surface area contributed by atoms with Crippen LogP contribution in [0, 0.1) is 5.21 Å². The minimum atomic E-state index is -3.28. The van der Waals surface area contributed by atoms with E-state index >= 15 is 0 Å². The van der Waals surface area contributed by atoms with Crippen molar-refractivity contribution in [2.75, 3.05) is 11.5 Å². The third-order valence-electron chi connectivity index (χ3n) is 3.96. The highest BCUT2D eigenvalue weighted by Gasteiger charge is 2.30. The first kappa shape index (κ1) is 18.5. The number of carbonyl (C=O) groups excluding carboxylic acids is 1. The largest absolute Gasteiger partial charge is 0.618 e. The first-order valence-electron chi connectivity index (χ1n) is 8.00. The molecule has 1 aliphatic rings. The summed E-state index contributed by atoms with van der Waals surface area (Å²) in [5, 5.41) is 13.3. The lowest BCUT2D eigenvalue weighted by Crippen LogP contribution is -2.41. The van der Waals surface area contributed by atoms with Gasteiger partial charge in [-0.2, -0.15) is 4.73 Å². The molecular weight excluding hydrogens is 372 g/mol. The molecule has 2 heterocycles. The van der Waals surface area contributed by atoms with Crippen molar-refractivity contribution in [3.05, 3.63) is 77.0 Å². The summed E-state index contributed by atoms with van der Waals surface area (Å²) in [7, 11) is -3.28. The lowest BCUT2D eigenvalue weighted by molar-refractivity contribution is -0.645. The Balaban J connectivity index is 1.75. The lowest BCUT2D eigenvalue weighted by atomic mass is 10.2. The number of aromatic nitrogens is 1. The quantitative estimate of drug-likeness (QED) is 0.426. The zero-order valence-corrected chi connectivity index (χ0v) is 15.5. The van der Waals surface area contributed by atoms with Gasteiger partial charge in [0.2, 0.25) is 5.91 Å². The second-order valence-corrected chi connectivity index (χ2v) is 8.81. The number of sulfone groups is 1. The molecule has 0 aliphatic carbocycles. The van der Waals surface area contributed by atoms with Crippen LogP contribution < -0.4 is 4.73 Å². The van der Waals surface area contributed by atoms with Gasteiger partial charge >= 0.3 is 0 Å². The standard InChI is InChI=1S/C18H18N2O4S2/c21-17(13-25-18-8-4-5-10-20(18)22)19(12-15-6-2-1-3-7-15)16-9-11-26(23,24)14-16/h1-11,16H,12-14H2/t16-/m0/s1. The van der Waals surface area contributed by atoms with Crippen LogP contribution in [0.2, 0.25) is 0 Å². The number of benzene rings is 1. The van der Waals surface area contributed by atoms with Gasteiger partial charge < -0.3 is 10.1 Å². The summed E-state index contributed by atoms with van der Waals surface area (Å²) < 4.78 is 24.2. The van der Waals surface area contributed by atoms with Crippen LogP contribution in [0.15, 0.2) is 71.2 Å². The van der Waals surface area contributed by atoms with Crippen LogP contribution in [0.25, 0.3) is 0 Å². The molecule has 136 valence electrons. The summed E-state index contributed by atoms with van der Waals surface area (Å²) >= 11 is 1.14. The van der Waals surface area contributed by atoms with Crippen LogP contribution in [0.1, 0.15) is 5.56 Å². The first-order valence-corrected chi connectivity index (χ1v) is 10.7. The zero-order chi connectivity index (χ0) is 18.6. The molecule has 26 heavy (non-hydrogen) atoms. The van der Waals surface area contributed by atoms with Crippen molar-refractivity contribution in [1.82, 2.24) is 4.90 Å². The van der Waals surface area contributed by atoms with Crippen molar-refractivity contribution in [3.63, 3.8) is 0 Å². The third kappa shape index (κ3) is 4.64. The number of pyridine rings is 1. The molecule has 1 aromatic carbocycles. The fourth-order valence-electron chi connectivity index (χ4n) is 2.67. The molecule has 0 spiro atoms. The number of nitrogens with zero attached hydrogens (tertiary/aromatic N) is 2. The smallest absolute Gasteiger partial charge is 0.251 e. The Labute approximate surface area is 156 Å². The number of hydrogen-bond donors (Lipinski definition) is 0. The molecule has 0 saturated heterocycles. The van der Waals surface area contributed by atoms with Crippen molar-refractivity contribution in [1.29, 1.82) is 0 Å². The molecule has 0 unspecified atom stereocenters. The molecule has 1 amide bonds. The van der Waals surface area contributed by atoms with Crippen molar-refractivity contribution in [3.8, 4) is 0 Å². The molecule has 2 aromatic rings. The molecule has 0 radical (unpaired) electrons. The minimum absolute atomic E-state index is 0.0590. The van der Waals surface area contributed by atoms with Gasteiger partial charge in [0, 0.05) is 24.1 Å². The number of amides is 1. The molecule has 8 heteroatoms. The van der Waals surface area contributed by atoms with Crippen molar-refractivity contribution < 1.29 is 17.9 Å². The number of hydrogen-bond acceptors (Lipinski definition) is 5. The minimum Gasteiger partial charge on any atom is -0.618 e. The van der Waals surface area contributed by atoms with Crippen LogP contribution in [0.4, 0.5) is 0 Å². The van der Waals surface area contributed by atoms with Gasteiger partial charge in [-0.05, 0) is 29.5 Å². The average Bonchev–Trinajstić information content (AvgIpc) is 2.99. The first-order chi connectivity index (χ1) is 12.4. The summed E-state index contributed by atoms with van der Waals surface area (Å²) in [6, 6.07) is 13.9. The van der Waals surface area contributed by atoms with Crippen molar-refractivity contribution in [2.45, 2.75) is 17.6 Å². The van der Waals surface area contributed by atoms with Gasteiger partial charge in [-0.25, -0.2) is 8.42 Å². The highest BCUT2D eigenvalue weighted by molar-refractivity contribution is 7.99. The highest BCUT2D eigenvalue weighted by atomic mass is 32.2. The van der Waals surface area contributed by atoms with E-state index in [-0.39, 0.29) is 17.4 Å². The summed E-state index contributed by atoms with van der Waals surface area (Å²) in [5.74, 6) is -0.262. The van der Waals surface area contributed by atoms with Crippen molar-refractivity contribution in [2.24, 2.45) is 0 Å². The van der Waals surface area contributed by atoms with Crippen LogP contribution in [-0.4, -0.2) is 36.8 Å². The molecule has 0 fully saturated rings. The van der Waals surface area contributed by atoms with Crippen LogP contribution in [-0.2, 0) is 21.2 Å². The van der Waals surface area contributed by atoms with Gasteiger partial charge in [-0.1, -0.05) is 30.3 Å². The number of carbonyl (C=O) groups is 1. The molecule has 6 nitrogen and oxygen atoms in total. The molecule has 0 N–H and O–H groups in total. The van der Waals surface area contributed by atoms with Crippen LogP contribution in [0.3, 0.4) is 0 Å². The van der Waals surface area contributed by atoms with E-state index in [0.717, 1.165) is 17.3 Å². The molecule has 1 aromatic heterocycles. The Morgan fingerprint density at radius 3 is 2.58 bits per heavy atom. The zero-order valence-electron chi connectivity index (χ0n) is 13.9. The Bertz CT molecular complexity index is 914.